The summed E-state index contributed by atoms with van der Waals surface area (Å²) in [5, 5.41) is 9.03. The van der Waals surface area contributed by atoms with Crippen LogP contribution < -0.4 is 0 Å². The Kier molecular flexibility index (Phi) is 8.16. The molecule has 2 fully saturated rings. The number of hydrogen-bond donors (Lipinski definition) is 1. The fourth-order valence-electron chi connectivity index (χ4n) is 4.43. The number of carboxylic acid groups (broad SMARTS) is 1. The van der Waals surface area contributed by atoms with Gasteiger partial charge in [-0.1, -0.05) is 26.2 Å². The molecule has 1 aliphatic heterocycles. The topological polar surface area (TPSA) is 64.1 Å². The Morgan fingerprint density at radius 1 is 0.960 bits per heavy atom. The summed E-state index contributed by atoms with van der Waals surface area (Å²) in [5.41, 5.74) is 0. The lowest BCUT2D eigenvalue weighted by molar-refractivity contribution is -0.139. The Bertz CT molecular complexity index is 430. The van der Waals surface area contributed by atoms with Crippen molar-refractivity contribution in [3.05, 3.63) is 0 Å². The molecular formula is C19H35N3O3. The molecule has 2 rings (SSSR count). The maximum absolute atomic E-state index is 12.8. The molecule has 1 aliphatic carbocycles. The van der Waals surface area contributed by atoms with Crippen LogP contribution in [0.3, 0.4) is 0 Å². The molecule has 1 saturated carbocycles. The lowest BCUT2D eigenvalue weighted by Crippen LogP contribution is -2.50. The molecular weight excluding hydrogens is 318 g/mol. The highest BCUT2D eigenvalue weighted by Crippen LogP contribution is 2.23. The SMILES string of the molecule is CCN(CC(=O)O)C1CCN(CC(=O)N(CC)C2CCCCC2)CC1. The molecule has 0 radical (unpaired) electrons. The second-order valence-electron chi connectivity index (χ2n) is 7.44. The molecule has 1 amide bonds. The molecule has 0 aromatic carbocycles. The summed E-state index contributed by atoms with van der Waals surface area (Å²) in [6, 6.07) is 0.767. The molecule has 0 aromatic rings. The molecule has 1 N–H and O–H groups in total. The minimum atomic E-state index is -0.759. The van der Waals surface area contributed by atoms with Gasteiger partial charge in [-0.15, -0.1) is 0 Å². The molecule has 2 aliphatic rings. The van der Waals surface area contributed by atoms with Gasteiger partial charge < -0.3 is 10.0 Å². The number of amides is 1. The van der Waals surface area contributed by atoms with Gasteiger partial charge in [0.15, 0.2) is 0 Å². The van der Waals surface area contributed by atoms with Crippen LogP contribution in [0.5, 0.6) is 0 Å². The molecule has 0 atom stereocenters. The van der Waals surface area contributed by atoms with Crippen molar-refractivity contribution in [3.8, 4) is 0 Å². The van der Waals surface area contributed by atoms with Gasteiger partial charge >= 0.3 is 5.97 Å². The summed E-state index contributed by atoms with van der Waals surface area (Å²) in [4.78, 5) is 30.1. The quantitative estimate of drug-likeness (QED) is 0.723. The summed E-state index contributed by atoms with van der Waals surface area (Å²) < 4.78 is 0. The van der Waals surface area contributed by atoms with Crippen molar-refractivity contribution in [1.29, 1.82) is 0 Å². The second-order valence-corrected chi connectivity index (χ2v) is 7.44. The van der Waals surface area contributed by atoms with Crippen LogP contribution in [0.15, 0.2) is 0 Å². The van der Waals surface area contributed by atoms with Crippen LogP contribution in [-0.2, 0) is 9.59 Å². The monoisotopic (exact) mass is 353 g/mol. The van der Waals surface area contributed by atoms with E-state index < -0.39 is 5.97 Å². The number of nitrogens with zero attached hydrogens (tertiary/aromatic N) is 3. The van der Waals surface area contributed by atoms with Gasteiger partial charge in [-0.25, -0.2) is 0 Å². The van der Waals surface area contributed by atoms with Crippen LogP contribution >= 0.6 is 0 Å². The number of carboxylic acids is 1. The van der Waals surface area contributed by atoms with Crippen molar-refractivity contribution >= 4 is 11.9 Å². The van der Waals surface area contributed by atoms with Crippen LogP contribution in [0.2, 0.25) is 0 Å². The normalized spacial score (nSPS) is 20.8. The summed E-state index contributed by atoms with van der Waals surface area (Å²) in [6.07, 6.45) is 8.01. The maximum Gasteiger partial charge on any atom is 0.317 e. The van der Waals surface area contributed by atoms with Gasteiger partial charge in [0, 0.05) is 31.7 Å². The predicted octanol–water partition coefficient (Wildman–Crippen LogP) is 2.04. The Labute approximate surface area is 152 Å². The average molecular weight is 354 g/mol. The van der Waals surface area contributed by atoms with E-state index in [1.807, 2.05) is 11.8 Å². The largest absolute Gasteiger partial charge is 0.480 e. The second kappa shape index (κ2) is 10.1. The van der Waals surface area contributed by atoms with E-state index in [2.05, 4.69) is 16.7 Å². The third kappa shape index (κ3) is 5.96. The highest BCUT2D eigenvalue weighted by Gasteiger charge is 2.29. The van der Waals surface area contributed by atoms with Crippen LogP contribution in [0.1, 0.15) is 58.8 Å². The average Bonchev–Trinajstić information content (AvgIpc) is 2.62. The minimum Gasteiger partial charge on any atom is -0.480 e. The van der Waals surface area contributed by atoms with E-state index in [-0.39, 0.29) is 12.5 Å². The van der Waals surface area contributed by atoms with Crippen molar-refractivity contribution in [1.82, 2.24) is 14.7 Å². The Hall–Kier alpha value is -1.14. The summed E-state index contributed by atoms with van der Waals surface area (Å²) >= 11 is 0. The van der Waals surface area contributed by atoms with Gasteiger partial charge in [-0.3, -0.25) is 19.4 Å². The number of carbonyl (C=O) groups is 2. The van der Waals surface area contributed by atoms with Gasteiger partial charge in [0.25, 0.3) is 0 Å². The van der Waals surface area contributed by atoms with E-state index in [0.717, 1.165) is 51.9 Å². The number of hydrogen-bond acceptors (Lipinski definition) is 4. The molecule has 0 unspecified atom stereocenters. The molecule has 0 aromatic heterocycles. The van der Waals surface area contributed by atoms with E-state index in [0.29, 0.717) is 18.6 Å². The first-order valence-corrected chi connectivity index (χ1v) is 10.0. The summed E-state index contributed by atoms with van der Waals surface area (Å²) in [5.74, 6) is -0.490. The standard InChI is InChI=1S/C19H35N3O3/c1-3-21(15-19(24)25)16-10-12-20(13-11-16)14-18(23)22(4-2)17-8-6-5-7-9-17/h16-17H,3-15H2,1-2H3,(H,24,25). The fraction of sp³-hybridized carbons (Fsp3) is 0.895. The number of likely N-dealkylation sites (N-methyl/N-ethyl adjacent to an activating group) is 2. The van der Waals surface area contributed by atoms with Crippen LogP contribution in [-0.4, -0.2) is 83.0 Å². The van der Waals surface area contributed by atoms with Crippen molar-refractivity contribution in [2.24, 2.45) is 0 Å². The van der Waals surface area contributed by atoms with E-state index in [1.165, 1.54) is 19.3 Å². The van der Waals surface area contributed by atoms with Gasteiger partial charge in [0.2, 0.25) is 5.91 Å². The minimum absolute atomic E-state index is 0.116. The zero-order valence-electron chi connectivity index (χ0n) is 16.0. The number of carbonyl (C=O) groups excluding carboxylic acids is 1. The van der Waals surface area contributed by atoms with Gasteiger partial charge in [-0.05, 0) is 39.2 Å². The first-order chi connectivity index (χ1) is 12.0. The fourth-order valence-corrected chi connectivity index (χ4v) is 4.43. The number of likely N-dealkylation sites (tertiary alicyclic amines) is 1. The smallest absolute Gasteiger partial charge is 0.317 e. The third-order valence-corrected chi connectivity index (χ3v) is 5.85. The Morgan fingerprint density at radius 2 is 1.60 bits per heavy atom. The van der Waals surface area contributed by atoms with Crippen molar-refractivity contribution in [3.63, 3.8) is 0 Å². The predicted molar refractivity (Wildman–Crippen MR) is 98.6 cm³/mol. The van der Waals surface area contributed by atoms with Crippen molar-refractivity contribution < 1.29 is 14.7 Å². The zero-order valence-corrected chi connectivity index (χ0v) is 16.0. The molecule has 1 heterocycles. The molecule has 1 saturated heterocycles. The first kappa shape index (κ1) is 20.2. The van der Waals surface area contributed by atoms with Crippen LogP contribution in [0.4, 0.5) is 0 Å². The number of piperidine rings is 1. The molecule has 6 heteroatoms. The van der Waals surface area contributed by atoms with E-state index >= 15 is 0 Å². The summed E-state index contributed by atoms with van der Waals surface area (Å²) in [7, 11) is 0. The first-order valence-electron chi connectivity index (χ1n) is 10.0. The van der Waals surface area contributed by atoms with Crippen LogP contribution in [0, 0.1) is 0 Å². The number of rotatable bonds is 8. The van der Waals surface area contributed by atoms with Crippen molar-refractivity contribution in [2.75, 3.05) is 39.3 Å². The highest BCUT2D eigenvalue weighted by molar-refractivity contribution is 5.78. The third-order valence-electron chi connectivity index (χ3n) is 5.85. The molecule has 0 spiro atoms. The highest BCUT2D eigenvalue weighted by atomic mass is 16.4. The van der Waals surface area contributed by atoms with E-state index in [9.17, 15) is 9.59 Å². The molecule has 144 valence electrons. The van der Waals surface area contributed by atoms with Gasteiger partial charge in [0.05, 0.1) is 13.1 Å². The van der Waals surface area contributed by atoms with Crippen LogP contribution in [0.25, 0.3) is 0 Å². The lowest BCUT2D eigenvalue weighted by Gasteiger charge is -2.39. The lowest BCUT2D eigenvalue weighted by atomic mass is 9.94. The Morgan fingerprint density at radius 3 is 2.12 bits per heavy atom. The van der Waals surface area contributed by atoms with E-state index in [4.69, 9.17) is 5.11 Å². The maximum atomic E-state index is 12.8. The Balaban J connectivity index is 1.79. The number of aliphatic carboxylic acids is 1. The van der Waals surface area contributed by atoms with Gasteiger partial charge in [0.1, 0.15) is 0 Å². The molecule has 25 heavy (non-hydrogen) atoms. The summed E-state index contributed by atoms with van der Waals surface area (Å²) in [6.45, 7) is 8.08. The molecule has 0 bridgehead atoms. The van der Waals surface area contributed by atoms with Gasteiger partial charge in [-0.2, -0.15) is 0 Å². The van der Waals surface area contributed by atoms with Crippen molar-refractivity contribution in [2.45, 2.75) is 70.9 Å². The molecule has 6 nitrogen and oxygen atoms in total. The van der Waals surface area contributed by atoms with E-state index in [1.54, 1.807) is 0 Å². The zero-order chi connectivity index (χ0) is 18.2.